The molecule has 2 aromatic heterocycles. The van der Waals surface area contributed by atoms with E-state index in [9.17, 15) is 0 Å². The minimum absolute atomic E-state index is 0.213. The van der Waals surface area contributed by atoms with Crippen LogP contribution in [0.15, 0.2) is 36.5 Å². The van der Waals surface area contributed by atoms with Crippen molar-refractivity contribution in [1.82, 2.24) is 24.8 Å². The molecule has 7 heteroatoms. The summed E-state index contributed by atoms with van der Waals surface area (Å²) in [5, 5.41) is 0.753. The van der Waals surface area contributed by atoms with Gasteiger partial charge in [-0.25, -0.2) is 4.98 Å². The molecule has 32 heavy (non-hydrogen) atoms. The fraction of sp³-hybridized carbons (Fsp3) is 0.520. The average Bonchev–Trinajstić information content (AvgIpc) is 3.46. The predicted molar refractivity (Wildman–Crippen MR) is 129 cm³/mol. The lowest BCUT2D eigenvalue weighted by Crippen LogP contribution is -2.50. The Kier molecular flexibility index (Phi) is 5.32. The minimum Gasteiger partial charge on any atom is -0.367 e. The highest BCUT2D eigenvalue weighted by atomic mass is 35.5. The van der Waals surface area contributed by atoms with Crippen molar-refractivity contribution in [3.05, 3.63) is 53.1 Å². The predicted octanol–water partition coefficient (Wildman–Crippen LogP) is 4.79. The van der Waals surface area contributed by atoms with Crippen molar-refractivity contribution >= 4 is 28.3 Å². The van der Waals surface area contributed by atoms with Gasteiger partial charge in [-0.1, -0.05) is 17.7 Å². The van der Waals surface area contributed by atoms with Gasteiger partial charge >= 0.3 is 0 Å². The number of hydrogen-bond acceptors (Lipinski definition) is 5. The van der Waals surface area contributed by atoms with Gasteiger partial charge in [0.15, 0.2) is 0 Å². The van der Waals surface area contributed by atoms with Crippen LogP contribution in [0.4, 0.5) is 5.69 Å². The first-order valence-corrected chi connectivity index (χ1v) is 12.4. The van der Waals surface area contributed by atoms with Gasteiger partial charge in [0.2, 0.25) is 0 Å². The van der Waals surface area contributed by atoms with Crippen LogP contribution in [0.25, 0.3) is 11.0 Å². The second-order valence-corrected chi connectivity index (χ2v) is 9.98. The molecule has 0 radical (unpaired) electrons. The first-order chi connectivity index (χ1) is 15.7. The van der Waals surface area contributed by atoms with Crippen molar-refractivity contribution in [1.29, 1.82) is 0 Å². The lowest BCUT2D eigenvalue weighted by Gasteiger charge is -2.39. The van der Waals surface area contributed by atoms with Gasteiger partial charge in [-0.05, 0) is 70.0 Å². The number of H-pyrrole nitrogens is 1. The zero-order valence-corrected chi connectivity index (χ0v) is 19.4. The average molecular weight is 451 g/mol. The molecule has 1 aromatic carbocycles. The number of rotatable bonds is 3. The molecule has 3 aromatic rings. The van der Waals surface area contributed by atoms with E-state index in [4.69, 9.17) is 16.6 Å². The molecule has 0 aliphatic carbocycles. The molecule has 168 valence electrons. The number of piperidine rings is 1. The molecule has 0 saturated carbocycles. The summed E-state index contributed by atoms with van der Waals surface area (Å²) >= 11 is 6.50. The molecule has 0 amide bonds. The van der Waals surface area contributed by atoms with E-state index in [0.29, 0.717) is 6.04 Å². The summed E-state index contributed by atoms with van der Waals surface area (Å²) in [5.41, 5.74) is 4.53. The van der Waals surface area contributed by atoms with Crippen LogP contribution in [-0.2, 0) is 0 Å². The third kappa shape index (κ3) is 3.49. The van der Waals surface area contributed by atoms with Gasteiger partial charge in [0.1, 0.15) is 5.82 Å². The number of likely N-dealkylation sites (tertiary alicyclic amines) is 1. The van der Waals surface area contributed by atoms with Crippen LogP contribution in [0, 0.1) is 0 Å². The van der Waals surface area contributed by atoms with Crippen LogP contribution in [0.1, 0.15) is 55.7 Å². The molecule has 6 rings (SSSR count). The Hall–Kier alpha value is -2.15. The van der Waals surface area contributed by atoms with Gasteiger partial charge < -0.3 is 9.88 Å². The Bertz CT molecular complexity index is 1110. The number of halogens is 1. The number of pyridine rings is 1. The molecule has 0 bridgehead atoms. The van der Waals surface area contributed by atoms with Crippen molar-refractivity contribution in [3.63, 3.8) is 0 Å². The highest BCUT2D eigenvalue weighted by Gasteiger charge is 2.34. The summed E-state index contributed by atoms with van der Waals surface area (Å²) < 4.78 is 0. The maximum absolute atomic E-state index is 6.50. The highest BCUT2D eigenvalue weighted by molar-refractivity contribution is 6.31. The SMILES string of the molecule is CN1[C@@H](c2nc3cccc(N4CCN5CCCC5C4)c3[nH]2)CCC[C@H]1c1ncccc1Cl. The summed E-state index contributed by atoms with van der Waals surface area (Å²) in [6, 6.07) is 11.6. The lowest BCUT2D eigenvalue weighted by molar-refractivity contribution is 0.107. The molecular formula is C25H31ClN6. The molecule has 3 aliphatic heterocycles. The number of hydrogen-bond donors (Lipinski definition) is 1. The number of benzene rings is 1. The van der Waals surface area contributed by atoms with Gasteiger partial charge in [-0.15, -0.1) is 0 Å². The number of fused-ring (bicyclic) bond motifs is 2. The molecule has 3 fully saturated rings. The maximum atomic E-state index is 6.50. The second-order valence-electron chi connectivity index (χ2n) is 9.57. The topological polar surface area (TPSA) is 51.3 Å². The quantitative estimate of drug-likeness (QED) is 0.621. The van der Waals surface area contributed by atoms with Crippen molar-refractivity contribution in [2.24, 2.45) is 0 Å². The Labute approximate surface area is 194 Å². The molecule has 1 N–H and O–H groups in total. The van der Waals surface area contributed by atoms with Crippen LogP contribution in [-0.4, -0.2) is 64.0 Å². The normalized spacial score (nSPS) is 27.2. The molecular weight excluding hydrogens is 420 g/mol. The molecule has 5 heterocycles. The highest BCUT2D eigenvalue weighted by Crippen LogP contribution is 2.41. The number of nitrogens with one attached hydrogen (secondary N) is 1. The third-order valence-corrected chi connectivity index (χ3v) is 8.12. The molecule has 3 saturated heterocycles. The fourth-order valence-electron chi connectivity index (χ4n) is 6.10. The Morgan fingerprint density at radius 1 is 1.00 bits per heavy atom. The number of nitrogens with zero attached hydrogens (tertiary/aromatic N) is 5. The van der Waals surface area contributed by atoms with Gasteiger partial charge in [-0.3, -0.25) is 14.8 Å². The number of aromatic nitrogens is 3. The van der Waals surface area contributed by atoms with E-state index in [0.717, 1.165) is 54.4 Å². The van der Waals surface area contributed by atoms with Crippen LogP contribution in [0.5, 0.6) is 0 Å². The van der Waals surface area contributed by atoms with Gasteiger partial charge in [0, 0.05) is 31.9 Å². The van der Waals surface area contributed by atoms with Crippen molar-refractivity contribution in [3.8, 4) is 0 Å². The first-order valence-electron chi connectivity index (χ1n) is 12.0. The zero-order chi connectivity index (χ0) is 21.7. The molecule has 3 atom stereocenters. The summed E-state index contributed by atoms with van der Waals surface area (Å²) in [6.45, 7) is 4.65. The maximum Gasteiger partial charge on any atom is 0.124 e. The lowest BCUT2D eigenvalue weighted by atomic mass is 9.93. The van der Waals surface area contributed by atoms with Crippen molar-refractivity contribution in [2.75, 3.05) is 38.1 Å². The smallest absolute Gasteiger partial charge is 0.124 e. The van der Waals surface area contributed by atoms with Crippen LogP contribution in [0.3, 0.4) is 0 Å². The van der Waals surface area contributed by atoms with Crippen molar-refractivity contribution in [2.45, 2.75) is 50.2 Å². The molecule has 1 unspecified atom stereocenters. The number of aromatic amines is 1. The van der Waals surface area contributed by atoms with Gasteiger partial charge in [0.25, 0.3) is 0 Å². The Morgan fingerprint density at radius 2 is 1.91 bits per heavy atom. The summed E-state index contributed by atoms with van der Waals surface area (Å²) in [4.78, 5) is 21.1. The number of imidazole rings is 1. The minimum atomic E-state index is 0.213. The Morgan fingerprint density at radius 3 is 2.81 bits per heavy atom. The van der Waals surface area contributed by atoms with Gasteiger partial charge in [-0.2, -0.15) is 0 Å². The van der Waals surface area contributed by atoms with E-state index in [1.54, 1.807) is 0 Å². The fourth-order valence-corrected chi connectivity index (χ4v) is 6.35. The second kappa shape index (κ2) is 8.32. The van der Waals surface area contributed by atoms with E-state index in [1.165, 1.54) is 37.1 Å². The largest absolute Gasteiger partial charge is 0.367 e. The molecule has 0 spiro atoms. The van der Waals surface area contributed by atoms with E-state index >= 15 is 0 Å². The zero-order valence-electron chi connectivity index (χ0n) is 18.7. The summed E-state index contributed by atoms with van der Waals surface area (Å²) in [5.74, 6) is 1.06. The number of para-hydroxylation sites is 1. The van der Waals surface area contributed by atoms with Crippen LogP contribution in [0.2, 0.25) is 5.02 Å². The summed E-state index contributed by atoms with van der Waals surface area (Å²) in [6.07, 6.45) is 7.81. The van der Waals surface area contributed by atoms with E-state index in [2.05, 4.69) is 49.9 Å². The summed E-state index contributed by atoms with van der Waals surface area (Å²) in [7, 11) is 2.19. The van der Waals surface area contributed by atoms with Crippen LogP contribution >= 0.6 is 11.6 Å². The molecule has 6 nitrogen and oxygen atoms in total. The van der Waals surface area contributed by atoms with E-state index in [1.807, 2.05) is 18.3 Å². The number of piperazine rings is 1. The standard InChI is InChI=1S/C25H31ClN6/c1-30-20(23-18(26)7-4-12-27-23)9-3-11-22(30)25-28-19-8-2-10-21(24(19)29-25)32-15-14-31-13-5-6-17(31)16-32/h2,4,7-8,10,12,17,20,22H,3,5-6,9,11,13-16H2,1H3,(H,28,29)/t17?,20-,22+/m0/s1. The van der Waals surface area contributed by atoms with E-state index in [-0.39, 0.29) is 12.1 Å². The third-order valence-electron chi connectivity index (χ3n) is 7.80. The van der Waals surface area contributed by atoms with Gasteiger partial charge in [0.05, 0.1) is 39.5 Å². The Balaban J connectivity index is 1.30. The molecule has 3 aliphatic rings. The first kappa shape index (κ1) is 20.5. The number of anilines is 1. The monoisotopic (exact) mass is 450 g/mol. The van der Waals surface area contributed by atoms with Crippen molar-refractivity contribution < 1.29 is 0 Å². The van der Waals surface area contributed by atoms with Crippen LogP contribution < -0.4 is 4.90 Å². The van der Waals surface area contributed by atoms with E-state index < -0.39 is 0 Å².